The lowest BCUT2D eigenvalue weighted by Gasteiger charge is -2.08. The smallest absolute Gasteiger partial charge is 0.277 e. The highest BCUT2D eigenvalue weighted by Gasteiger charge is 2.21. The van der Waals surface area contributed by atoms with Crippen LogP contribution in [0.4, 0.5) is 8.78 Å². The Labute approximate surface area is 163 Å². The number of methoxy groups -OCH3 is 2. The molecule has 1 heterocycles. The van der Waals surface area contributed by atoms with Crippen molar-refractivity contribution in [2.75, 3.05) is 14.2 Å². The highest BCUT2D eigenvalue weighted by atomic mass is 32.2. The Balaban J connectivity index is 1.77. The molecule has 0 N–H and O–H groups in total. The van der Waals surface area contributed by atoms with Crippen LogP contribution in [-0.4, -0.2) is 35.5 Å². The molecule has 0 saturated heterocycles. The van der Waals surface area contributed by atoms with Gasteiger partial charge in [0.15, 0.2) is 17.4 Å². The fourth-order valence-corrected chi connectivity index (χ4v) is 3.15. The van der Waals surface area contributed by atoms with E-state index < -0.39 is 16.9 Å². The zero-order valence-corrected chi connectivity index (χ0v) is 16.0. The second kappa shape index (κ2) is 8.39. The molecule has 0 radical (unpaired) electrons. The highest BCUT2D eigenvalue weighted by Crippen LogP contribution is 2.32. The summed E-state index contributed by atoms with van der Waals surface area (Å²) in [6.07, 6.45) is 0. The summed E-state index contributed by atoms with van der Waals surface area (Å²) in [7, 11) is 3.05. The van der Waals surface area contributed by atoms with Gasteiger partial charge in [0.25, 0.3) is 5.22 Å². The number of carbonyl (C=O) groups excluding carboxylic acids is 1. The van der Waals surface area contributed by atoms with Gasteiger partial charge in [-0.3, -0.25) is 4.79 Å². The van der Waals surface area contributed by atoms with Crippen LogP contribution in [0.5, 0.6) is 11.5 Å². The van der Waals surface area contributed by atoms with Crippen molar-refractivity contribution >= 4 is 17.5 Å². The van der Waals surface area contributed by atoms with Gasteiger partial charge in [0.2, 0.25) is 5.89 Å². The van der Waals surface area contributed by atoms with Gasteiger partial charge in [-0.1, -0.05) is 11.8 Å². The van der Waals surface area contributed by atoms with Gasteiger partial charge in [0, 0.05) is 17.2 Å². The molecule has 28 heavy (non-hydrogen) atoms. The van der Waals surface area contributed by atoms with E-state index in [0.717, 1.165) is 23.9 Å². The molecule has 9 heteroatoms. The van der Waals surface area contributed by atoms with Crippen LogP contribution in [0.15, 0.2) is 46.0 Å². The number of ether oxygens (including phenoxy) is 2. The minimum absolute atomic E-state index is 0.0659. The minimum Gasteiger partial charge on any atom is -0.497 e. The van der Waals surface area contributed by atoms with E-state index in [1.165, 1.54) is 20.3 Å². The van der Waals surface area contributed by atoms with E-state index in [2.05, 4.69) is 10.2 Å². The Morgan fingerprint density at radius 1 is 1.04 bits per heavy atom. The highest BCUT2D eigenvalue weighted by molar-refractivity contribution is 8.00. The van der Waals surface area contributed by atoms with Crippen LogP contribution in [0.25, 0.3) is 11.5 Å². The van der Waals surface area contributed by atoms with Gasteiger partial charge in [-0.15, -0.1) is 10.2 Å². The molecule has 0 saturated carbocycles. The Bertz CT molecular complexity index is 987. The van der Waals surface area contributed by atoms with Crippen molar-refractivity contribution in [2.24, 2.45) is 0 Å². The number of halogens is 2. The number of rotatable bonds is 7. The number of aromatic nitrogens is 2. The van der Waals surface area contributed by atoms with Crippen LogP contribution in [0.3, 0.4) is 0 Å². The molecule has 1 aromatic heterocycles. The fourth-order valence-electron chi connectivity index (χ4n) is 2.39. The summed E-state index contributed by atoms with van der Waals surface area (Å²) in [5.41, 5.74) is 0.659. The summed E-state index contributed by atoms with van der Waals surface area (Å²) in [4.78, 5) is 12.4. The standard InChI is InChI=1S/C19H16F2N2O4S/c1-10(17(24)11-4-5-15(20)16(21)8-11)28-19-23-22-18(27-19)12-6-13(25-2)9-14(7-12)26-3/h4-10H,1-3H3/t10-/m0/s1. The molecular weight excluding hydrogens is 390 g/mol. The van der Waals surface area contributed by atoms with E-state index in [4.69, 9.17) is 13.9 Å². The number of ketones is 1. The van der Waals surface area contributed by atoms with Gasteiger partial charge in [-0.25, -0.2) is 8.78 Å². The summed E-state index contributed by atoms with van der Waals surface area (Å²) >= 11 is 1.02. The molecule has 0 amide bonds. The molecule has 0 aliphatic carbocycles. The molecule has 0 fully saturated rings. The molecule has 0 aliphatic rings. The van der Waals surface area contributed by atoms with Crippen LogP contribution in [0.1, 0.15) is 17.3 Å². The minimum atomic E-state index is -1.07. The average Bonchev–Trinajstić information content (AvgIpc) is 3.17. The summed E-state index contributed by atoms with van der Waals surface area (Å²) in [5.74, 6) is -1.12. The average molecular weight is 406 g/mol. The van der Waals surface area contributed by atoms with Crippen molar-refractivity contribution in [3.63, 3.8) is 0 Å². The molecule has 0 unspecified atom stereocenters. The first-order valence-corrected chi connectivity index (χ1v) is 9.02. The molecule has 146 valence electrons. The largest absolute Gasteiger partial charge is 0.497 e. The van der Waals surface area contributed by atoms with Crippen LogP contribution in [0, 0.1) is 11.6 Å². The van der Waals surface area contributed by atoms with Crippen molar-refractivity contribution in [2.45, 2.75) is 17.4 Å². The fraction of sp³-hybridized carbons (Fsp3) is 0.211. The Hall–Kier alpha value is -2.94. The molecule has 3 rings (SSSR count). The predicted octanol–water partition coefficient (Wildman–Crippen LogP) is 4.40. The Kier molecular flexibility index (Phi) is 5.93. The van der Waals surface area contributed by atoms with Crippen LogP contribution < -0.4 is 9.47 Å². The SMILES string of the molecule is COc1cc(OC)cc(-c2nnc(S[C@@H](C)C(=O)c3ccc(F)c(F)c3)o2)c1. The first-order chi connectivity index (χ1) is 13.4. The molecular formula is C19H16F2N2O4S. The van der Waals surface area contributed by atoms with Gasteiger partial charge in [0.05, 0.1) is 19.5 Å². The third-order valence-corrected chi connectivity index (χ3v) is 4.79. The molecule has 3 aromatic rings. The van der Waals surface area contributed by atoms with Crippen molar-refractivity contribution in [1.82, 2.24) is 10.2 Å². The second-order valence-electron chi connectivity index (χ2n) is 5.73. The summed E-state index contributed by atoms with van der Waals surface area (Å²) < 4.78 is 42.4. The maximum atomic E-state index is 13.3. The molecule has 6 nitrogen and oxygen atoms in total. The van der Waals surface area contributed by atoms with Crippen molar-refractivity contribution in [3.8, 4) is 23.0 Å². The summed E-state index contributed by atoms with van der Waals surface area (Å²) in [6, 6.07) is 8.15. The maximum Gasteiger partial charge on any atom is 0.277 e. The third-order valence-electron chi connectivity index (χ3n) is 3.86. The number of Topliss-reactive ketones (excluding diaryl/α,β-unsaturated/α-hetero) is 1. The lowest BCUT2D eigenvalue weighted by Crippen LogP contribution is -2.14. The van der Waals surface area contributed by atoms with Gasteiger partial charge < -0.3 is 13.9 Å². The zero-order valence-electron chi connectivity index (χ0n) is 15.2. The van der Waals surface area contributed by atoms with Crippen molar-refractivity contribution in [1.29, 1.82) is 0 Å². The van der Waals surface area contributed by atoms with E-state index in [1.807, 2.05) is 0 Å². The lowest BCUT2D eigenvalue weighted by atomic mass is 10.1. The predicted molar refractivity (Wildman–Crippen MR) is 98.8 cm³/mol. The van der Waals surface area contributed by atoms with Crippen LogP contribution >= 0.6 is 11.8 Å². The quantitative estimate of drug-likeness (QED) is 0.425. The van der Waals surface area contributed by atoms with Crippen LogP contribution in [-0.2, 0) is 0 Å². The van der Waals surface area contributed by atoms with Crippen LogP contribution in [0.2, 0.25) is 0 Å². The summed E-state index contributed by atoms with van der Waals surface area (Å²) in [5, 5.41) is 7.43. The molecule has 0 aliphatic heterocycles. The zero-order chi connectivity index (χ0) is 20.3. The second-order valence-corrected chi connectivity index (χ2v) is 7.02. The monoisotopic (exact) mass is 406 g/mol. The summed E-state index contributed by atoms with van der Waals surface area (Å²) in [6.45, 7) is 1.62. The topological polar surface area (TPSA) is 74.5 Å². The number of carbonyl (C=O) groups is 1. The lowest BCUT2D eigenvalue weighted by molar-refractivity contribution is 0.0993. The van der Waals surface area contributed by atoms with Crippen molar-refractivity contribution in [3.05, 3.63) is 53.6 Å². The maximum absolute atomic E-state index is 13.3. The van der Waals surface area contributed by atoms with Gasteiger partial charge in [0.1, 0.15) is 11.5 Å². The molecule has 0 spiro atoms. The van der Waals surface area contributed by atoms with E-state index in [1.54, 1.807) is 25.1 Å². The van der Waals surface area contributed by atoms with E-state index in [9.17, 15) is 13.6 Å². The first kappa shape index (κ1) is 19.8. The normalized spacial score (nSPS) is 11.9. The van der Waals surface area contributed by atoms with Gasteiger partial charge in [-0.2, -0.15) is 0 Å². The third kappa shape index (κ3) is 4.30. The van der Waals surface area contributed by atoms with Gasteiger partial charge >= 0.3 is 0 Å². The number of thioether (sulfide) groups is 1. The number of benzene rings is 2. The number of hydrogen-bond acceptors (Lipinski definition) is 7. The van der Waals surface area contributed by atoms with E-state index in [0.29, 0.717) is 17.1 Å². The Morgan fingerprint density at radius 3 is 2.32 bits per heavy atom. The van der Waals surface area contributed by atoms with E-state index >= 15 is 0 Å². The van der Waals surface area contributed by atoms with E-state index in [-0.39, 0.29) is 22.5 Å². The first-order valence-electron chi connectivity index (χ1n) is 8.14. The molecule has 0 bridgehead atoms. The number of hydrogen-bond donors (Lipinski definition) is 0. The molecule has 1 atom stereocenters. The van der Waals surface area contributed by atoms with Crippen molar-refractivity contribution < 1.29 is 27.5 Å². The van der Waals surface area contributed by atoms with Gasteiger partial charge in [-0.05, 0) is 37.3 Å². The Morgan fingerprint density at radius 2 is 1.71 bits per heavy atom. The molecule has 2 aromatic carbocycles. The number of nitrogens with zero attached hydrogens (tertiary/aromatic N) is 2.